The van der Waals surface area contributed by atoms with E-state index < -0.39 is 5.60 Å². The number of hydrogen-bond acceptors (Lipinski definition) is 3. The Labute approximate surface area is 128 Å². The molecule has 0 saturated heterocycles. The van der Waals surface area contributed by atoms with Crippen molar-refractivity contribution < 1.29 is 5.11 Å². The Balaban J connectivity index is 1.73. The molecule has 1 heterocycles. The zero-order chi connectivity index (χ0) is 14.3. The SMILES string of the molecule is OC1(Cc2nc3ccccc3s2)CCCc2ccccc21. The van der Waals surface area contributed by atoms with Crippen LogP contribution in [0, 0.1) is 0 Å². The Morgan fingerprint density at radius 2 is 1.90 bits per heavy atom. The predicted octanol–water partition coefficient (Wildman–Crippen LogP) is 4.06. The number of rotatable bonds is 2. The van der Waals surface area contributed by atoms with Gasteiger partial charge < -0.3 is 5.11 Å². The monoisotopic (exact) mass is 295 g/mol. The molecule has 0 spiro atoms. The molecule has 1 unspecified atom stereocenters. The largest absolute Gasteiger partial charge is 0.385 e. The fraction of sp³-hybridized carbons (Fsp3) is 0.278. The first-order chi connectivity index (χ1) is 10.2. The van der Waals surface area contributed by atoms with Crippen molar-refractivity contribution >= 4 is 21.6 Å². The lowest BCUT2D eigenvalue weighted by molar-refractivity contribution is 0.0190. The van der Waals surface area contributed by atoms with Gasteiger partial charge in [0.1, 0.15) is 0 Å². The Kier molecular flexibility index (Phi) is 3.05. The minimum absolute atomic E-state index is 0.614. The van der Waals surface area contributed by atoms with E-state index in [2.05, 4.69) is 29.2 Å². The molecule has 1 atom stereocenters. The summed E-state index contributed by atoms with van der Waals surface area (Å²) < 4.78 is 1.19. The van der Waals surface area contributed by atoms with Crippen LogP contribution in [0.1, 0.15) is 29.0 Å². The summed E-state index contributed by atoms with van der Waals surface area (Å²) in [6.07, 6.45) is 3.54. The van der Waals surface area contributed by atoms with Crippen molar-refractivity contribution in [3.63, 3.8) is 0 Å². The second-order valence-electron chi connectivity index (χ2n) is 5.79. The van der Waals surface area contributed by atoms with Crippen molar-refractivity contribution in [2.45, 2.75) is 31.3 Å². The van der Waals surface area contributed by atoms with Crippen LogP contribution in [0.3, 0.4) is 0 Å². The highest BCUT2D eigenvalue weighted by Crippen LogP contribution is 2.39. The summed E-state index contributed by atoms with van der Waals surface area (Å²) in [5.74, 6) is 0. The van der Waals surface area contributed by atoms with E-state index in [9.17, 15) is 5.11 Å². The fourth-order valence-corrected chi connectivity index (χ4v) is 4.40. The van der Waals surface area contributed by atoms with Crippen LogP contribution in [0.5, 0.6) is 0 Å². The highest BCUT2D eigenvalue weighted by atomic mass is 32.1. The van der Waals surface area contributed by atoms with Crippen LogP contribution in [0.2, 0.25) is 0 Å². The van der Waals surface area contributed by atoms with Crippen molar-refractivity contribution in [1.82, 2.24) is 4.98 Å². The number of benzene rings is 2. The molecule has 21 heavy (non-hydrogen) atoms. The maximum Gasteiger partial charge on any atom is 0.0970 e. The number of thiazole rings is 1. The lowest BCUT2D eigenvalue weighted by atomic mass is 9.77. The number of para-hydroxylation sites is 1. The van der Waals surface area contributed by atoms with Gasteiger partial charge >= 0.3 is 0 Å². The summed E-state index contributed by atoms with van der Waals surface area (Å²) in [4.78, 5) is 4.68. The number of aliphatic hydroxyl groups is 1. The van der Waals surface area contributed by atoms with Crippen LogP contribution in [-0.4, -0.2) is 10.1 Å². The Bertz CT molecular complexity index is 762. The van der Waals surface area contributed by atoms with Gasteiger partial charge in [-0.1, -0.05) is 36.4 Å². The van der Waals surface area contributed by atoms with Crippen molar-refractivity contribution in [3.8, 4) is 0 Å². The van der Waals surface area contributed by atoms with Gasteiger partial charge in [-0.25, -0.2) is 4.98 Å². The first kappa shape index (κ1) is 13.0. The van der Waals surface area contributed by atoms with Gasteiger partial charge in [-0.3, -0.25) is 0 Å². The van der Waals surface area contributed by atoms with Crippen LogP contribution in [-0.2, 0) is 18.4 Å². The molecule has 3 heteroatoms. The number of fused-ring (bicyclic) bond motifs is 2. The van der Waals surface area contributed by atoms with E-state index in [1.807, 2.05) is 24.3 Å². The average molecular weight is 295 g/mol. The molecule has 3 aromatic rings. The highest BCUT2D eigenvalue weighted by molar-refractivity contribution is 7.18. The molecule has 0 amide bonds. The van der Waals surface area contributed by atoms with E-state index in [0.29, 0.717) is 6.42 Å². The van der Waals surface area contributed by atoms with Gasteiger partial charge in [0.2, 0.25) is 0 Å². The van der Waals surface area contributed by atoms with Gasteiger partial charge in [-0.05, 0) is 42.5 Å². The second kappa shape index (κ2) is 4.93. The summed E-state index contributed by atoms with van der Waals surface area (Å²) >= 11 is 1.69. The fourth-order valence-electron chi connectivity index (χ4n) is 3.33. The van der Waals surface area contributed by atoms with Crippen LogP contribution in [0.15, 0.2) is 48.5 Å². The third-order valence-corrected chi connectivity index (χ3v) is 5.37. The van der Waals surface area contributed by atoms with E-state index in [0.717, 1.165) is 35.4 Å². The summed E-state index contributed by atoms with van der Waals surface area (Å²) in [5, 5.41) is 12.2. The quantitative estimate of drug-likeness (QED) is 0.773. The van der Waals surface area contributed by atoms with E-state index in [4.69, 9.17) is 0 Å². The first-order valence-corrected chi connectivity index (χ1v) is 8.21. The molecule has 106 valence electrons. The molecule has 1 aliphatic rings. The molecule has 1 aliphatic carbocycles. The van der Waals surface area contributed by atoms with Gasteiger partial charge in [0, 0.05) is 6.42 Å². The Morgan fingerprint density at radius 3 is 2.81 bits per heavy atom. The van der Waals surface area contributed by atoms with Gasteiger partial charge in [-0.2, -0.15) is 0 Å². The minimum atomic E-state index is -0.761. The first-order valence-electron chi connectivity index (χ1n) is 7.40. The van der Waals surface area contributed by atoms with Gasteiger partial charge in [0.25, 0.3) is 0 Å². The van der Waals surface area contributed by atoms with Gasteiger partial charge in [-0.15, -0.1) is 11.3 Å². The average Bonchev–Trinajstić information content (AvgIpc) is 2.89. The van der Waals surface area contributed by atoms with Crippen molar-refractivity contribution in [2.24, 2.45) is 0 Å². The minimum Gasteiger partial charge on any atom is -0.385 e. The molecule has 0 aliphatic heterocycles. The summed E-state index contributed by atoms with van der Waals surface area (Å²) in [5.41, 5.74) is 2.65. The lowest BCUT2D eigenvalue weighted by Gasteiger charge is -2.34. The number of aromatic nitrogens is 1. The number of hydrogen-bond donors (Lipinski definition) is 1. The maximum absolute atomic E-state index is 11.2. The van der Waals surface area contributed by atoms with E-state index >= 15 is 0 Å². The molecule has 4 rings (SSSR count). The maximum atomic E-state index is 11.2. The molecule has 0 bridgehead atoms. The summed E-state index contributed by atoms with van der Waals surface area (Å²) in [6, 6.07) is 16.5. The van der Waals surface area contributed by atoms with Crippen LogP contribution in [0.4, 0.5) is 0 Å². The smallest absolute Gasteiger partial charge is 0.0970 e. The van der Waals surface area contributed by atoms with Crippen LogP contribution < -0.4 is 0 Å². The van der Waals surface area contributed by atoms with E-state index in [1.165, 1.54) is 10.3 Å². The molecule has 0 saturated carbocycles. The molecule has 0 radical (unpaired) electrons. The topological polar surface area (TPSA) is 33.1 Å². The second-order valence-corrected chi connectivity index (χ2v) is 6.91. The Morgan fingerprint density at radius 1 is 1.10 bits per heavy atom. The summed E-state index contributed by atoms with van der Waals surface area (Å²) in [6.45, 7) is 0. The van der Waals surface area contributed by atoms with Crippen molar-refractivity contribution in [3.05, 3.63) is 64.7 Å². The van der Waals surface area contributed by atoms with Gasteiger partial charge in [0.15, 0.2) is 0 Å². The third-order valence-electron chi connectivity index (χ3n) is 4.34. The molecule has 2 nitrogen and oxygen atoms in total. The molecule has 0 fully saturated rings. The lowest BCUT2D eigenvalue weighted by Crippen LogP contribution is -2.32. The van der Waals surface area contributed by atoms with E-state index in [-0.39, 0.29) is 0 Å². The molecular weight excluding hydrogens is 278 g/mol. The standard InChI is InChI=1S/C18H17NOS/c20-18(11-5-7-13-6-1-2-8-14(13)18)12-17-19-15-9-3-4-10-16(15)21-17/h1-4,6,8-10,20H,5,7,11-12H2. The van der Waals surface area contributed by atoms with Crippen LogP contribution >= 0.6 is 11.3 Å². The third kappa shape index (κ3) is 2.27. The van der Waals surface area contributed by atoms with Crippen LogP contribution in [0.25, 0.3) is 10.2 Å². The van der Waals surface area contributed by atoms with Crippen molar-refractivity contribution in [2.75, 3.05) is 0 Å². The Hall–Kier alpha value is -1.71. The normalized spacial score (nSPS) is 21.4. The summed E-state index contributed by atoms with van der Waals surface area (Å²) in [7, 11) is 0. The number of nitrogens with zero attached hydrogens (tertiary/aromatic N) is 1. The molecular formula is C18H17NOS. The van der Waals surface area contributed by atoms with Gasteiger partial charge in [0.05, 0.1) is 20.8 Å². The zero-order valence-corrected chi connectivity index (χ0v) is 12.6. The number of aryl methyl sites for hydroxylation is 1. The molecule has 2 aromatic carbocycles. The molecule has 1 aromatic heterocycles. The predicted molar refractivity (Wildman–Crippen MR) is 86.6 cm³/mol. The molecule has 1 N–H and O–H groups in total. The van der Waals surface area contributed by atoms with Crippen molar-refractivity contribution in [1.29, 1.82) is 0 Å². The van der Waals surface area contributed by atoms with E-state index in [1.54, 1.807) is 11.3 Å². The highest BCUT2D eigenvalue weighted by Gasteiger charge is 2.35. The zero-order valence-electron chi connectivity index (χ0n) is 11.7.